The van der Waals surface area contributed by atoms with Crippen LogP contribution in [0.2, 0.25) is 0 Å². The second-order valence-corrected chi connectivity index (χ2v) is 5.08. The molecule has 1 unspecified atom stereocenters. The molecule has 0 aliphatic heterocycles. The van der Waals surface area contributed by atoms with Crippen molar-refractivity contribution in [2.75, 3.05) is 23.8 Å². The summed E-state index contributed by atoms with van der Waals surface area (Å²) >= 11 is 1.92. The standard InChI is InChI=1S/C12H21N3S/c1-4-14-11(8-16-5-2)10-6-9(3)7-15-12(10)13/h6-7,11,14H,4-5,8H2,1-3H3,(H2,13,15). The van der Waals surface area contributed by atoms with Crippen LogP contribution in [0.15, 0.2) is 12.3 Å². The van der Waals surface area contributed by atoms with Crippen molar-refractivity contribution in [3.63, 3.8) is 0 Å². The van der Waals surface area contributed by atoms with Crippen LogP contribution in [-0.2, 0) is 0 Å². The minimum Gasteiger partial charge on any atom is -0.383 e. The largest absolute Gasteiger partial charge is 0.383 e. The topological polar surface area (TPSA) is 50.9 Å². The van der Waals surface area contributed by atoms with E-state index in [1.54, 1.807) is 0 Å². The number of hydrogen-bond acceptors (Lipinski definition) is 4. The van der Waals surface area contributed by atoms with Crippen molar-refractivity contribution in [1.82, 2.24) is 10.3 Å². The minimum absolute atomic E-state index is 0.308. The van der Waals surface area contributed by atoms with Gasteiger partial charge in [-0.15, -0.1) is 0 Å². The molecule has 16 heavy (non-hydrogen) atoms. The molecular weight excluding hydrogens is 218 g/mol. The smallest absolute Gasteiger partial charge is 0.128 e. The molecular formula is C12H21N3S. The van der Waals surface area contributed by atoms with Crippen molar-refractivity contribution < 1.29 is 0 Å². The molecule has 1 rings (SSSR count). The highest BCUT2D eigenvalue weighted by Crippen LogP contribution is 2.23. The SMILES string of the molecule is CCNC(CSCC)c1cc(C)cnc1N. The number of nitrogens with one attached hydrogen (secondary N) is 1. The first-order valence-electron chi connectivity index (χ1n) is 5.72. The quantitative estimate of drug-likeness (QED) is 0.800. The first kappa shape index (κ1) is 13.3. The van der Waals surface area contributed by atoms with Crippen LogP contribution in [0.25, 0.3) is 0 Å². The summed E-state index contributed by atoms with van der Waals surface area (Å²) in [6, 6.07) is 2.44. The Morgan fingerprint density at radius 1 is 1.50 bits per heavy atom. The summed E-state index contributed by atoms with van der Waals surface area (Å²) in [5.74, 6) is 2.81. The van der Waals surface area contributed by atoms with Crippen LogP contribution in [0, 0.1) is 6.92 Å². The van der Waals surface area contributed by atoms with E-state index in [9.17, 15) is 0 Å². The van der Waals surface area contributed by atoms with Gasteiger partial charge in [0.25, 0.3) is 0 Å². The lowest BCUT2D eigenvalue weighted by molar-refractivity contribution is 0.605. The summed E-state index contributed by atoms with van der Waals surface area (Å²) in [5.41, 5.74) is 8.22. The van der Waals surface area contributed by atoms with Gasteiger partial charge in [-0.05, 0) is 30.9 Å². The van der Waals surface area contributed by atoms with Gasteiger partial charge in [-0.1, -0.05) is 13.8 Å². The molecule has 0 amide bonds. The van der Waals surface area contributed by atoms with E-state index in [1.807, 2.05) is 24.9 Å². The molecule has 0 spiro atoms. The minimum atomic E-state index is 0.308. The lowest BCUT2D eigenvalue weighted by atomic mass is 10.1. The lowest BCUT2D eigenvalue weighted by Gasteiger charge is -2.19. The predicted octanol–water partition coefficient (Wildman–Crippen LogP) is 2.38. The van der Waals surface area contributed by atoms with E-state index in [0.717, 1.165) is 29.2 Å². The average Bonchev–Trinajstić information content (AvgIpc) is 2.28. The van der Waals surface area contributed by atoms with Crippen molar-refractivity contribution in [2.24, 2.45) is 0 Å². The number of nitrogens with two attached hydrogens (primary N) is 1. The molecule has 0 aliphatic rings. The van der Waals surface area contributed by atoms with E-state index >= 15 is 0 Å². The number of rotatable bonds is 6. The van der Waals surface area contributed by atoms with E-state index in [2.05, 4.69) is 30.2 Å². The van der Waals surface area contributed by atoms with Crippen LogP contribution in [0.1, 0.15) is 31.0 Å². The molecule has 0 aliphatic carbocycles. The van der Waals surface area contributed by atoms with Gasteiger partial charge in [0.15, 0.2) is 0 Å². The lowest BCUT2D eigenvalue weighted by Crippen LogP contribution is -2.24. The monoisotopic (exact) mass is 239 g/mol. The Labute approximate surface area is 102 Å². The number of anilines is 1. The Balaban J connectivity index is 2.85. The second kappa shape index (κ2) is 6.76. The molecule has 90 valence electrons. The normalized spacial score (nSPS) is 12.7. The van der Waals surface area contributed by atoms with Crippen molar-refractivity contribution in [1.29, 1.82) is 0 Å². The molecule has 4 heteroatoms. The summed E-state index contributed by atoms with van der Waals surface area (Å²) in [6.45, 7) is 7.28. The molecule has 0 aromatic carbocycles. The van der Waals surface area contributed by atoms with Crippen LogP contribution in [0.4, 0.5) is 5.82 Å². The number of nitrogen functional groups attached to an aromatic ring is 1. The number of pyridine rings is 1. The van der Waals surface area contributed by atoms with E-state index in [1.165, 1.54) is 0 Å². The fourth-order valence-electron chi connectivity index (χ4n) is 1.62. The molecule has 0 saturated carbocycles. The third-order valence-electron chi connectivity index (χ3n) is 2.40. The Hall–Kier alpha value is -0.740. The maximum absolute atomic E-state index is 5.93. The summed E-state index contributed by atoms with van der Waals surface area (Å²) in [4.78, 5) is 4.22. The van der Waals surface area contributed by atoms with E-state index < -0.39 is 0 Å². The zero-order valence-electron chi connectivity index (χ0n) is 10.3. The molecule has 1 heterocycles. The summed E-state index contributed by atoms with van der Waals surface area (Å²) in [7, 11) is 0. The van der Waals surface area contributed by atoms with Gasteiger partial charge in [-0.25, -0.2) is 4.98 Å². The van der Waals surface area contributed by atoms with E-state index in [-0.39, 0.29) is 0 Å². The first-order chi connectivity index (χ1) is 7.69. The van der Waals surface area contributed by atoms with Crippen LogP contribution in [0.5, 0.6) is 0 Å². The van der Waals surface area contributed by atoms with Gasteiger partial charge in [-0.2, -0.15) is 11.8 Å². The Morgan fingerprint density at radius 2 is 2.25 bits per heavy atom. The van der Waals surface area contributed by atoms with Crippen molar-refractivity contribution in [3.05, 3.63) is 23.4 Å². The van der Waals surface area contributed by atoms with Gasteiger partial charge >= 0.3 is 0 Å². The van der Waals surface area contributed by atoms with Crippen molar-refractivity contribution in [2.45, 2.75) is 26.8 Å². The number of hydrogen-bond donors (Lipinski definition) is 2. The third-order valence-corrected chi connectivity index (χ3v) is 3.38. The van der Waals surface area contributed by atoms with Crippen LogP contribution >= 0.6 is 11.8 Å². The molecule has 1 aromatic heterocycles. The molecule has 1 atom stereocenters. The molecule has 0 saturated heterocycles. The predicted molar refractivity (Wildman–Crippen MR) is 72.8 cm³/mol. The fourth-order valence-corrected chi connectivity index (χ4v) is 2.39. The van der Waals surface area contributed by atoms with Crippen LogP contribution in [-0.4, -0.2) is 23.0 Å². The van der Waals surface area contributed by atoms with Gasteiger partial charge < -0.3 is 11.1 Å². The van der Waals surface area contributed by atoms with Crippen LogP contribution in [0.3, 0.4) is 0 Å². The summed E-state index contributed by atoms with van der Waals surface area (Å²) in [5, 5.41) is 3.46. The molecule has 0 fully saturated rings. The summed E-state index contributed by atoms with van der Waals surface area (Å²) < 4.78 is 0. The number of aryl methyl sites for hydroxylation is 1. The molecule has 0 radical (unpaired) electrons. The maximum atomic E-state index is 5.93. The molecule has 1 aromatic rings. The molecule has 3 N–H and O–H groups in total. The Kier molecular flexibility index (Phi) is 5.63. The number of nitrogens with zero attached hydrogens (tertiary/aromatic N) is 1. The van der Waals surface area contributed by atoms with E-state index in [0.29, 0.717) is 11.9 Å². The van der Waals surface area contributed by atoms with Crippen LogP contribution < -0.4 is 11.1 Å². The second-order valence-electron chi connectivity index (χ2n) is 3.76. The molecule has 3 nitrogen and oxygen atoms in total. The van der Waals surface area contributed by atoms with Crippen molar-refractivity contribution in [3.8, 4) is 0 Å². The highest BCUT2D eigenvalue weighted by Gasteiger charge is 2.13. The number of aromatic nitrogens is 1. The maximum Gasteiger partial charge on any atom is 0.128 e. The van der Waals surface area contributed by atoms with Crippen molar-refractivity contribution >= 4 is 17.6 Å². The highest BCUT2D eigenvalue weighted by atomic mass is 32.2. The summed E-state index contributed by atoms with van der Waals surface area (Å²) in [6.07, 6.45) is 1.81. The molecule has 0 bridgehead atoms. The van der Waals surface area contributed by atoms with Gasteiger partial charge in [0, 0.05) is 23.6 Å². The van der Waals surface area contributed by atoms with E-state index in [4.69, 9.17) is 5.73 Å². The average molecular weight is 239 g/mol. The van der Waals surface area contributed by atoms with Gasteiger partial charge in [-0.3, -0.25) is 0 Å². The van der Waals surface area contributed by atoms with Gasteiger partial charge in [0.1, 0.15) is 5.82 Å². The fraction of sp³-hybridized carbons (Fsp3) is 0.583. The zero-order chi connectivity index (χ0) is 12.0. The Bertz CT molecular complexity index is 328. The third kappa shape index (κ3) is 3.68. The first-order valence-corrected chi connectivity index (χ1v) is 6.87. The number of thioether (sulfide) groups is 1. The highest BCUT2D eigenvalue weighted by molar-refractivity contribution is 7.99. The van der Waals surface area contributed by atoms with Gasteiger partial charge in [0.2, 0.25) is 0 Å². The van der Waals surface area contributed by atoms with Gasteiger partial charge in [0.05, 0.1) is 0 Å². The Morgan fingerprint density at radius 3 is 2.88 bits per heavy atom. The zero-order valence-corrected chi connectivity index (χ0v) is 11.1.